The van der Waals surface area contributed by atoms with Crippen LogP contribution in [0.4, 0.5) is 8.78 Å². The summed E-state index contributed by atoms with van der Waals surface area (Å²) in [7, 11) is 1.11. The van der Waals surface area contributed by atoms with Gasteiger partial charge in [-0.3, -0.25) is 4.79 Å². The average Bonchev–Trinajstić information content (AvgIpc) is 2.53. The fourth-order valence-corrected chi connectivity index (χ4v) is 2.63. The van der Waals surface area contributed by atoms with Gasteiger partial charge in [0.25, 0.3) is 0 Å². The number of halogens is 3. The molecule has 4 nitrogen and oxygen atoms in total. The largest absolute Gasteiger partial charge is 0.465 e. The summed E-state index contributed by atoms with van der Waals surface area (Å²) in [6.45, 7) is 0. The number of pyridine rings is 1. The molecule has 0 bridgehead atoms. The number of ether oxygens (including phenoxy) is 1. The van der Waals surface area contributed by atoms with Crippen molar-refractivity contribution in [3.63, 3.8) is 0 Å². The van der Waals surface area contributed by atoms with Crippen molar-refractivity contribution in [1.29, 1.82) is 0 Å². The Bertz CT molecular complexity index is 1030. The number of H-pyrrole nitrogens is 1. The number of aromatic amines is 1. The van der Waals surface area contributed by atoms with Crippen LogP contribution in [0.25, 0.3) is 22.2 Å². The van der Waals surface area contributed by atoms with Crippen LogP contribution in [-0.4, -0.2) is 18.1 Å². The molecule has 0 saturated carbocycles. The number of carbonyl (C=O) groups is 1. The highest BCUT2D eigenvalue weighted by molar-refractivity contribution is 6.31. The zero-order valence-corrected chi connectivity index (χ0v) is 13.1. The van der Waals surface area contributed by atoms with E-state index < -0.39 is 23.0 Å². The molecule has 3 rings (SSSR count). The van der Waals surface area contributed by atoms with Gasteiger partial charge >= 0.3 is 5.97 Å². The molecule has 0 atom stereocenters. The maximum Gasteiger partial charge on any atom is 0.344 e. The molecule has 0 spiro atoms. The maximum atomic E-state index is 14.2. The summed E-state index contributed by atoms with van der Waals surface area (Å²) in [6, 6.07) is 7.26. The SMILES string of the molecule is COC(=O)c1c(-c2ccc(F)cc2F)[nH]c2cc(Cl)ccc2c1=O. The Labute approximate surface area is 139 Å². The Balaban J connectivity index is 2.44. The number of esters is 1. The number of carbonyl (C=O) groups excluding carboxylic acids is 1. The first-order valence-electron chi connectivity index (χ1n) is 6.81. The number of nitrogens with one attached hydrogen (secondary N) is 1. The van der Waals surface area contributed by atoms with Gasteiger partial charge in [0, 0.05) is 22.0 Å². The Morgan fingerprint density at radius 1 is 1.17 bits per heavy atom. The number of rotatable bonds is 2. The van der Waals surface area contributed by atoms with E-state index in [0.29, 0.717) is 16.6 Å². The summed E-state index contributed by atoms with van der Waals surface area (Å²) >= 11 is 5.91. The number of hydrogen-bond acceptors (Lipinski definition) is 3. The molecular formula is C17H10ClF2NO3. The van der Waals surface area contributed by atoms with Crippen LogP contribution in [0.3, 0.4) is 0 Å². The maximum absolute atomic E-state index is 14.2. The highest BCUT2D eigenvalue weighted by Crippen LogP contribution is 2.27. The van der Waals surface area contributed by atoms with Gasteiger partial charge in [0.2, 0.25) is 5.43 Å². The molecular weight excluding hydrogens is 340 g/mol. The minimum Gasteiger partial charge on any atom is -0.465 e. The van der Waals surface area contributed by atoms with E-state index in [0.717, 1.165) is 19.2 Å². The van der Waals surface area contributed by atoms with Gasteiger partial charge in [-0.25, -0.2) is 13.6 Å². The van der Waals surface area contributed by atoms with E-state index >= 15 is 0 Å². The molecule has 0 unspecified atom stereocenters. The number of methoxy groups -OCH3 is 1. The van der Waals surface area contributed by atoms with E-state index in [4.69, 9.17) is 11.6 Å². The first-order valence-corrected chi connectivity index (χ1v) is 7.19. The van der Waals surface area contributed by atoms with Gasteiger partial charge in [-0.1, -0.05) is 11.6 Å². The van der Waals surface area contributed by atoms with E-state index in [1.54, 1.807) is 0 Å². The summed E-state index contributed by atoms with van der Waals surface area (Å²) in [4.78, 5) is 27.5. The van der Waals surface area contributed by atoms with E-state index in [-0.39, 0.29) is 22.2 Å². The van der Waals surface area contributed by atoms with Crippen LogP contribution >= 0.6 is 11.6 Å². The molecule has 1 heterocycles. The summed E-state index contributed by atoms with van der Waals surface area (Å²) in [5.74, 6) is -2.62. The van der Waals surface area contributed by atoms with Gasteiger partial charge in [0.15, 0.2) is 0 Å². The molecule has 24 heavy (non-hydrogen) atoms. The highest BCUT2D eigenvalue weighted by Gasteiger charge is 2.23. The van der Waals surface area contributed by atoms with Gasteiger partial charge < -0.3 is 9.72 Å². The minimum atomic E-state index is -0.924. The smallest absolute Gasteiger partial charge is 0.344 e. The second-order valence-corrected chi connectivity index (χ2v) is 5.45. The molecule has 122 valence electrons. The first kappa shape index (κ1) is 16.1. The highest BCUT2D eigenvalue weighted by atomic mass is 35.5. The number of hydrogen-bond donors (Lipinski definition) is 1. The minimum absolute atomic E-state index is 0.0980. The quantitative estimate of drug-likeness (QED) is 0.713. The van der Waals surface area contributed by atoms with Gasteiger partial charge in [0.05, 0.1) is 18.3 Å². The Morgan fingerprint density at radius 3 is 2.58 bits per heavy atom. The van der Waals surface area contributed by atoms with Crippen LogP contribution in [-0.2, 0) is 4.74 Å². The Hall–Kier alpha value is -2.73. The second-order valence-electron chi connectivity index (χ2n) is 5.01. The van der Waals surface area contributed by atoms with E-state index in [9.17, 15) is 18.4 Å². The predicted octanol–water partition coefficient (Wildman–Crippen LogP) is 3.91. The lowest BCUT2D eigenvalue weighted by Gasteiger charge is -2.11. The fraction of sp³-hybridized carbons (Fsp3) is 0.0588. The van der Waals surface area contributed by atoms with Crippen LogP contribution in [0, 0.1) is 11.6 Å². The van der Waals surface area contributed by atoms with Crippen molar-refractivity contribution in [3.8, 4) is 11.3 Å². The van der Waals surface area contributed by atoms with Crippen LogP contribution in [0.15, 0.2) is 41.2 Å². The Kier molecular flexibility index (Phi) is 4.07. The standard InChI is InChI=1S/C17H10ClF2NO3/c1-24-17(23)14-15(10-5-3-9(19)7-12(10)20)21-13-6-8(18)2-4-11(13)16(14)22/h2-7H,1H3,(H,21,22). The summed E-state index contributed by atoms with van der Waals surface area (Å²) in [5.41, 5.74) is -0.905. The predicted molar refractivity (Wildman–Crippen MR) is 86.3 cm³/mol. The number of aromatic nitrogens is 1. The zero-order chi connectivity index (χ0) is 17.4. The van der Waals surface area contributed by atoms with Crippen LogP contribution in [0.5, 0.6) is 0 Å². The van der Waals surface area contributed by atoms with Crippen molar-refractivity contribution in [2.45, 2.75) is 0 Å². The summed E-state index contributed by atoms with van der Waals surface area (Å²) < 4.78 is 31.9. The molecule has 3 aromatic rings. The van der Waals surface area contributed by atoms with Crippen LogP contribution in [0.1, 0.15) is 10.4 Å². The summed E-state index contributed by atoms with van der Waals surface area (Å²) in [5, 5.41) is 0.556. The van der Waals surface area contributed by atoms with E-state index in [1.165, 1.54) is 18.2 Å². The normalized spacial score (nSPS) is 10.8. The van der Waals surface area contributed by atoms with Crippen molar-refractivity contribution < 1.29 is 18.3 Å². The van der Waals surface area contributed by atoms with Crippen molar-refractivity contribution >= 4 is 28.5 Å². The third-order valence-corrected chi connectivity index (χ3v) is 3.79. The van der Waals surface area contributed by atoms with Crippen molar-refractivity contribution in [2.75, 3.05) is 7.11 Å². The van der Waals surface area contributed by atoms with Crippen molar-refractivity contribution in [1.82, 2.24) is 4.98 Å². The van der Waals surface area contributed by atoms with Crippen LogP contribution in [0.2, 0.25) is 5.02 Å². The van der Waals surface area contributed by atoms with Crippen molar-refractivity contribution in [2.24, 2.45) is 0 Å². The molecule has 0 saturated heterocycles. The van der Waals surface area contributed by atoms with Gasteiger partial charge in [0.1, 0.15) is 17.2 Å². The second kappa shape index (κ2) is 6.05. The van der Waals surface area contributed by atoms with E-state index in [1.807, 2.05) is 0 Å². The lowest BCUT2D eigenvalue weighted by Crippen LogP contribution is -2.19. The number of benzene rings is 2. The van der Waals surface area contributed by atoms with Gasteiger partial charge in [-0.15, -0.1) is 0 Å². The van der Waals surface area contributed by atoms with Gasteiger partial charge in [-0.2, -0.15) is 0 Å². The molecule has 0 aliphatic carbocycles. The molecule has 2 aromatic carbocycles. The van der Waals surface area contributed by atoms with Crippen molar-refractivity contribution in [3.05, 3.63) is 68.8 Å². The van der Waals surface area contributed by atoms with E-state index in [2.05, 4.69) is 9.72 Å². The molecule has 0 aliphatic heterocycles. The zero-order valence-electron chi connectivity index (χ0n) is 12.3. The molecule has 0 amide bonds. The first-order chi connectivity index (χ1) is 11.4. The topological polar surface area (TPSA) is 59.2 Å². The number of fused-ring (bicyclic) bond motifs is 1. The molecule has 1 aromatic heterocycles. The third kappa shape index (κ3) is 2.65. The third-order valence-electron chi connectivity index (χ3n) is 3.55. The monoisotopic (exact) mass is 349 g/mol. The molecule has 0 radical (unpaired) electrons. The average molecular weight is 350 g/mol. The summed E-state index contributed by atoms with van der Waals surface area (Å²) in [6.07, 6.45) is 0. The Morgan fingerprint density at radius 2 is 1.92 bits per heavy atom. The molecule has 1 N–H and O–H groups in total. The van der Waals surface area contributed by atoms with Gasteiger partial charge in [-0.05, 0) is 30.3 Å². The molecule has 7 heteroatoms. The molecule has 0 fully saturated rings. The lowest BCUT2D eigenvalue weighted by atomic mass is 10.0. The molecule has 0 aliphatic rings. The lowest BCUT2D eigenvalue weighted by molar-refractivity contribution is 0.0600. The van der Waals surface area contributed by atoms with Crippen LogP contribution < -0.4 is 5.43 Å². The fourth-order valence-electron chi connectivity index (χ4n) is 2.45.